The first-order valence-electron chi connectivity index (χ1n) is 8.16. The molecule has 134 valence electrons. The average molecular weight is 351 g/mol. The number of anilines is 3. The van der Waals surface area contributed by atoms with Crippen LogP contribution in [-0.4, -0.2) is 29.2 Å². The van der Waals surface area contributed by atoms with Gasteiger partial charge in [0, 0.05) is 29.7 Å². The van der Waals surface area contributed by atoms with Gasteiger partial charge >= 0.3 is 0 Å². The number of rotatable bonds is 7. The van der Waals surface area contributed by atoms with E-state index in [9.17, 15) is 0 Å². The molecule has 0 saturated heterocycles. The van der Waals surface area contributed by atoms with Gasteiger partial charge in [0.05, 0.1) is 26.5 Å². The fourth-order valence-electron chi connectivity index (χ4n) is 2.44. The van der Waals surface area contributed by atoms with Crippen molar-refractivity contribution in [3.8, 4) is 11.5 Å². The minimum atomic E-state index is 0.501. The van der Waals surface area contributed by atoms with E-state index in [0.29, 0.717) is 24.0 Å². The van der Waals surface area contributed by atoms with Crippen molar-refractivity contribution in [1.29, 1.82) is 0 Å². The van der Waals surface area contributed by atoms with E-state index in [0.717, 1.165) is 22.9 Å². The highest BCUT2D eigenvalue weighted by Gasteiger charge is 2.07. The fourth-order valence-corrected chi connectivity index (χ4v) is 2.44. The molecule has 2 heterocycles. The topological polar surface area (TPSA) is 81.2 Å². The molecule has 0 aliphatic rings. The first-order chi connectivity index (χ1) is 12.7. The summed E-state index contributed by atoms with van der Waals surface area (Å²) in [6.07, 6.45) is 1.77. The van der Waals surface area contributed by atoms with Crippen LogP contribution in [0, 0.1) is 6.92 Å². The lowest BCUT2D eigenvalue weighted by molar-refractivity contribution is 0.355. The fraction of sp³-hybridized carbons (Fsp3) is 0.211. The summed E-state index contributed by atoms with van der Waals surface area (Å²) < 4.78 is 10.6. The Morgan fingerprint density at radius 3 is 2.54 bits per heavy atom. The van der Waals surface area contributed by atoms with Crippen LogP contribution in [0.2, 0.25) is 0 Å². The summed E-state index contributed by atoms with van der Waals surface area (Å²) in [7, 11) is 3.21. The SMILES string of the molecule is COc1ccc(Nc2nc(C)cc(NCc3ccccn3)n2)cc1OC. The van der Waals surface area contributed by atoms with Crippen molar-refractivity contribution >= 4 is 17.5 Å². The maximum absolute atomic E-state index is 5.32. The first-order valence-corrected chi connectivity index (χ1v) is 8.16. The number of methoxy groups -OCH3 is 2. The highest BCUT2D eigenvalue weighted by molar-refractivity contribution is 5.60. The molecular formula is C19H21N5O2. The molecule has 0 fully saturated rings. The number of ether oxygens (including phenoxy) is 2. The molecular weight excluding hydrogens is 330 g/mol. The van der Waals surface area contributed by atoms with E-state index >= 15 is 0 Å². The monoisotopic (exact) mass is 351 g/mol. The Kier molecular flexibility index (Phi) is 5.48. The Hall–Kier alpha value is -3.35. The zero-order valence-corrected chi connectivity index (χ0v) is 15.0. The predicted octanol–water partition coefficient (Wildman–Crippen LogP) is 3.55. The van der Waals surface area contributed by atoms with Gasteiger partial charge in [0.1, 0.15) is 5.82 Å². The number of nitrogens with zero attached hydrogens (tertiary/aromatic N) is 3. The van der Waals surface area contributed by atoms with Gasteiger partial charge in [-0.15, -0.1) is 0 Å². The van der Waals surface area contributed by atoms with E-state index in [1.54, 1.807) is 20.4 Å². The van der Waals surface area contributed by atoms with E-state index in [1.165, 1.54) is 0 Å². The van der Waals surface area contributed by atoms with Crippen molar-refractivity contribution in [2.45, 2.75) is 13.5 Å². The molecule has 7 heteroatoms. The van der Waals surface area contributed by atoms with Crippen molar-refractivity contribution < 1.29 is 9.47 Å². The summed E-state index contributed by atoms with van der Waals surface area (Å²) in [5.74, 6) is 2.53. The van der Waals surface area contributed by atoms with Crippen LogP contribution in [0.3, 0.4) is 0 Å². The third kappa shape index (κ3) is 4.38. The van der Waals surface area contributed by atoms with Crippen molar-refractivity contribution in [2.75, 3.05) is 24.9 Å². The van der Waals surface area contributed by atoms with Crippen LogP contribution < -0.4 is 20.1 Å². The van der Waals surface area contributed by atoms with E-state index < -0.39 is 0 Å². The van der Waals surface area contributed by atoms with Crippen LogP contribution in [0.1, 0.15) is 11.4 Å². The van der Waals surface area contributed by atoms with Gasteiger partial charge in [0.15, 0.2) is 11.5 Å². The van der Waals surface area contributed by atoms with Crippen molar-refractivity contribution in [2.24, 2.45) is 0 Å². The van der Waals surface area contributed by atoms with Crippen molar-refractivity contribution in [1.82, 2.24) is 15.0 Å². The van der Waals surface area contributed by atoms with Crippen LogP contribution in [-0.2, 0) is 6.54 Å². The molecule has 7 nitrogen and oxygen atoms in total. The highest BCUT2D eigenvalue weighted by Crippen LogP contribution is 2.30. The zero-order valence-electron chi connectivity index (χ0n) is 15.0. The number of pyridine rings is 1. The Morgan fingerprint density at radius 2 is 1.81 bits per heavy atom. The minimum Gasteiger partial charge on any atom is -0.493 e. The second kappa shape index (κ2) is 8.15. The third-order valence-electron chi connectivity index (χ3n) is 3.67. The van der Waals surface area contributed by atoms with E-state index in [1.807, 2.05) is 49.4 Å². The molecule has 0 amide bonds. The number of hydrogen-bond acceptors (Lipinski definition) is 7. The number of aryl methyl sites for hydroxylation is 1. The van der Waals surface area contributed by atoms with Gasteiger partial charge in [-0.25, -0.2) is 4.98 Å². The molecule has 2 N–H and O–H groups in total. The van der Waals surface area contributed by atoms with Gasteiger partial charge in [0.2, 0.25) is 5.95 Å². The molecule has 2 aromatic heterocycles. The predicted molar refractivity (Wildman–Crippen MR) is 101 cm³/mol. The lowest BCUT2D eigenvalue weighted by atomic mass is 10.3. The molecule has 0 aliphatic carbocycles. The van der Waals surface area contributed by atoms with Crippen LogP contribution in [0.25, 0.3) is 0 Å². The van der Waals surface area contributed by atoms with E-state index in [-0.39, 0.29) is 0 Å². The summed E-state index contributed by atoms with van der Waals surface area (Å²) in [6.45, 7) is 2.51. The van der Waals surface area contributed by atoms with Gasteiger partial charge in [-0.2, -0.15) is 4.98 Å². The standard InChI is InChI=1S/C19H21N5O2/c1-13-10-18(21-12-15-6-4-5-9-20-15)24-19(22-13)23-14-7-8-16(25-2)17(11-14)26-3/h4-11H,12H2,1-3H3,(H2,21,22,23,24). The number of hydrogen-bond donors (Lipinski definition) is 2. The molecule has 0 atom stereocenters. The molecule has 0 unspecified atom stereocenters. The number of nitrogens with one attached hydrogen (secondary N) is 2. The van der Waals surface area contributed by atoms with E-state index in [4.69, 9.17) is 9.47 Å². The van der Waals surface area contributed by atoms with Crippen LogP contribution >= 0.6 is 0 Å². The highest BCUT2D eigenvalue weighted by atomic mass is 16.5. The summed E-state index contributed by atoms with van der Waals surface area (Å²) in [5.41, 5.74) is 2.61. The molecule has 1 aromatic carbocycles. The first kappa shape index (κ1) is 17.5. The van der Waals surface area contributed by atoms with Crippen molar-refractivity contribution in [3.05, 3.63) is 60.0 Å². The summed E-state index contributed by atoms with van der Waals surface area (Å²) in [6, 6.07) is 13.3. The van der Waals surface area contributed by atoms with Gasteiger partial charge < -0.3 is 20.1 Å². The molecule has 3 aromatic rings. The Balaban J connectivity index is 1.75. The molecule has 3 rings (SSSR count). The molecule has 0 spiro atoms. The van der Waals surface area contributed by atoms with E-state index in [2.05, 4.69) is 25.6 Å². The lowest BCUT2D eigenvalue weighted by Gasteiger charge is -2.12. The van der Waals surface area contributed by atoms with Crippen molar-refractivity contribution in [3.63, 3.8) is 0 Å². The minimum absolute atomic E-state index is 0.501. The third-order valence-corrected chi connectivity index (χ3v) is 3.67. The number of aromatic nitrogens is 3. The molecule has 0 aliphatic heterocycles. The Bertz CT molecular complexity index is 871. The number of benzene rings is 1. The maximum Gasteiger partial charge on any atom is 0.229 e. The second-order valence-electron chi connectivity index (χ2n) is 5.59. The molecule has 26 heavy (non-hydrogen) atoms. The van der Waals surface area contributed by atoms with Gasteiger partial charge in [-0.3, -0.25) is 4.98 Å². The quantitative estimate of drug-likeness (QED) is 0.673. The van der Waals surface area contributed by atoms with Gasteiger partial charge in [-0.05, 0) is 31.2 Å². The Labute approximate surface area is 152 Å². The van der Waals surface area contributed by atoms with Crippen LogP contribution in [0.4, 0.5) is 17.5 Å². The largest absolute Gasteiger partial charge is 0.493 e. The second-order valence-corrected chi connectivity index (χ2v) is 5.59. The zero-order chi connectivity index (χ0) is 18.4. The average Bonchev–Trinajstić information content (AvgIpc) is 2.66. The Morgan fingerprint density at radius 1 is 0.962 bits per heavy atom. The maximum atomic E-state index is 5.32. The van der Waals surface area contributed by atoms with Gasteiger partial charge in [0.25, 0.3) is 0 Å². The summed E-state index contributed by atoms with van der Waals surface area (Å²) in [5, 5.41) is 6.47. The molecule has 0 radical (unpaired) electrons. The van der Waals surface area contributed by atoms with Gasteiger partial charge in [-0.1, -0.05) is 6.07 Å². The summed E-state index contributed by atoms with van der Waals surface area (Å²) in [4.78, 5) is 13.2. The van der Waals surface area contributed by atoms with Crippen LogP contribution in [0.15, 0.2) is 48.7 Å². The lowest BCUT2D eigenvalue weighted by Crippen LogP contribution is -2.06. The normalized spacial score (nSPS) is 10.3. The smallest absolute Gasteiger partial charge is 0.229 e. The summed E-state index contributed by atoms with van der Waals surface area (Å²) >= 11 is 0. The molecule has 0 bridgehead atoms. The van der Waals surface area contributed by atoms with Crippen LogP contribution in [0.5, 0.6) is 11.5 Å². The molecule has 0 saturated carbocycles.